The first-order chi connectivity index (χ1) is 9.51. The SMILES string of the molecule is COc1ccc(Br)cc1CC(N)c1cc(Br)ccc1Cl. The monoisotopic (exact) mass is 417 g/mol. The summed E-state index contributed by atoms with van der Waals surface area (Å²) >= 11 is 13.1. The van der Waals surface area contributed by atoms with Gasteiger partial charge < -0.3 is 10.5 Å². The van der Waals surface area contributed by atoms with Crippen molar-refractivity contribution in [3.63, 3.8) is 0 Å². The number of hydrogen-bond donors (Lipinski definition) is 1. The average molecular weight is 420 g/mol. The molecule has 0 aliphatic rings. The molecule has 0 spiro atoms. The molecule has 2 aromatic rings. The number of methoxy groups -OCH3 is 1. The minimum atomic E-state index is -0.191. The quantitative estimate of drug-likeness (QED) is 0.747. The lowest BCUT2D eigenvalue weighted by atomic mass is 9.99. The van der Waals surface area contributed by atoms with Gasteiger partial charge in [-0.05, 0) is 53.9 Å². The van der Waals surface area contributed by atoms with E-state index in [1.807, 2.05) is 36.4 Å². The van der Waals surface area contributed by atoms with E-state index in [2.05, 4.69) is 31.9 Å². The summed E-state index contributed by atoms with van der Waals surface area (Å²) in [5.74, 6) is 0.828. The van der Waals surface area contributed by atoms with Crippen LogP contribution in [0.1, 0.15) is 17.2 Å². The first kappa shape index (κ1) is 15.8. The molecule has 2 N–H and O–H groups in total. The Balaban J connectivity index is 2.29. The van der Waals surface area contributed by atoms with Gasteiger partial charge in [-0.3, -0.25) is 0 Å². The number of hydrogen-bond acceptors (Lipinski definition) is 2. The van der Waals surface area contributed by atoms with E-state index in [-0.39, 0.29) is 6.04 Å². The van der Waals surface area contributed by atoms with Gasteiger partial charge in [0.15, 0.2) is 0 Å². The first-order valence-corrected chi connectivity index (χ1v) is 8.00. The van der Waals surface area contributed by atoms with Gasteiger partial charge in [-0.25, -0.2) is 0 Å². The first-order valence-electron chi connectivity index (χ1n) is 6.04. The van der Waals surface area contributed by atoms with Crippen molar-refractivity contribution in [2.45, 2.75) is 12.5 Å². The second-order valence-corrected chi connectivity index (χ2v) is 6.67. The molecule has 106 valence electrons. The Morgan fingerprint density at radius 2 is 1.80 bits per heavy atom. The molecule has 2 nitrogen and oxygen atoms in total. The average Bonchev–Trinajstić information content (AvgIpc) is 2.41. The fourth-order valence-electron chi connectivity index (χ4n) is 2.05. The van der Waals surface area contributed by atoms with Crippen LogP contribution in [0.2, 0.25) is 5.02 Å². The molecule has 2 aromatic carbocycles. The number of ether oxygens (including phenoxy) is 1. The van der Waals surface area contributed by atoms with Crippen molar-refractivity contribution >= 4 is 43.5 Å². The highest BCUT2D eigenvalue weighted by molar-refractivity contribution is 9.10. The maximum atomic E-state index is 6.29. The van der Waals surface area contributed by atoms with Gasteiger partial charge in [0.05, 0.1) is 7.11 Å². The van der Waals surface area contributed by atoms with Gasteiger partial charge in [0, 0.05) is 20.0 Å². The van der Waals surface area contributed by atoms with E-state index >= 15 is 0 Å². The lowest BCUT2D eigenvalue weighted by Crippen LogP contribution is -2.14. The number of rotatable bonds is 4. The topological polar surface area (TPSA) is 35.2 Å². The number of benzene rings is 2. The molecular formula is C15H14Br2ClNO. The highest BCUT2D eigenvalue weighted by atomic mass is 79.9. The van der Waals surface area contributed by atoms with Gasteiger partial charge >= 0.3 is 0 Å². The fourth-order valence-corrected chi connectivity index (χ4v) is 3.10. The summed E-state index contributed by atoms with van der Waals surface area (Å²) < 4.78 is 7.34. The zero-order chi connectivity index (χ0) is 14.7. The molecule has 5 heteroatoms. The van der Waals surface area contributed by atoms with Crippen molar-refractivity contribution in [3.8, 4) is 5.75 Å². The van der Waals surface area contributed by atoms with Crippen molar-refractivity contribution in [1.82, 2.24) is 0 Å². The van der Waals surface area contributed by atoms with Crippen LogP contribution in [0.4, 0.5) is 0 Å². The van der Waals surface area contributed by atoms with Crippen LogP contribution in [0.3, 0.4) is 0 Å². The molecule has 0 heterocycles. The maximum Gasteiger partial charge on any atom is 0.122 e. The van der Waals surface area contributed by atoms with E-state index in [0.717, 1.165) is 25.8 Å². The third-order valence-electron chi connectivity index (χ3n) is 3.04. The molecule has 0 aliphatic heterocycles. The van der Waals surface area contributed by atoms with E-state index in [4.69, 9.17) is 22.1 Å². The molecule has 0 aliphatic carbocycles. The van der Waals surface area contributed by atoms with Crippen LogP contribution < -0.4 is 10.5 Å². The van der Waals surface area contributed by atoms with Gasteiger partial charge in [0.2, 0.25) is 0 Å². The molecule has 0 saturated carbocycles. The maximum absolute atomic E-state index is 6.29. The third-order valence-corrected chi connectivity index (χ3v) is 4.37. The zero-order valence-electron chi connectivity index (χ0n) is 10.9. The number of nitrogens with two attached hydrogens (primary N) is 1. The summed E-state index contributed by atoms with van der Waals surface area (Å²) in [7, 11) is 1.66. The summed E-state index contributed by atoms with van der Waals surface area (Å²) in [5, 5.41) is 0.676. The van der Waals surface area contributed by atoms with Crippen LogP contribution in [0, 0.1) is 0 Å². The molecule has 0 radical (unpaired) electrons. The van der Waals surface area contributed by atoms with E-state index in [1.165, 1.54) is 0 Å². The summed E-state index contributed by atoms with van der Waals surface area (Å²) in [6, 6.07) is 11.4. The molecular weight excluding hydrogens is 405 g/mol. The van der Waals surface area contributed by atoms with Crippen LogP contribution in [0.5, 0.6) is 5.75 Å². The van der Waals surface area contributed by atoms with Crippen molar-refractivity contribution in [3.05, 3.63) is 61.5 Å². The van der Waals surface area contributed by atoms with E-state index < -0.39 is 0 Å². The van der Waals surface area contributed by atoms with Crippen LogP contribution in [0.25, 0.3) is 0 Å². The Hall–Kier alpha value is -0.550. The van der Waals surface area contributed by atoms with E-state index in [9.17, 15) is 0 Å². The van der Waals surface area contributed by atoms with Crippen molar-refractivity contribution in [2.75, 3.05) is 7.11 Å². The molecule has 20 heavy (non-hydrogen) atoms. The van der Waals surface area contributed by atoms with Crippen molar-refractivity contribution in [2.24, 2.45) is 5.73 Å². The molecule has 0 amide bonds. The molecule has 1 atom stereocenters. The third kappa shape index (κ3) is 3.76. The van der Waals surface area contributed by atoms with Gasteiger partial charge in [-0.15, -0.1) is 0 Å². The predicted octanol–water partition coefficient (Wildman–Crippen LogP) is 5.12. The largest absolute Gasteiger partial charge is 0.496 e. The molecule has 2 rings (SSSR count). The highest BCUT2D eigenvalue weighted by Gasteiger charge is 2.14. The number of halogens is 3. The second-order valence-electron chi connectivity index (χ2n) is 4.43. The highest BCUT2D eigenvalue weighted by Crippen LogP contribution is 2.31. The Morgan fingerprint density at radius 3 is 2.50 bits per heavy atom. The summed E-state index contributed by atoms with van der Waals surface area (Å²) in [6.07, 6.45) is 0.652. The molecule has 0 bridgehead atoms. The molecule has 0 fully saturated rings. The van der Waals surface area contributed by atoms with Crippen LogP contribution in [-0.4, -0.2) is 7.11 Å². The Labute approximate surface area is 140 Å². The lowest BCUT2D eigenvalue weighted by Gasteiger charge is -2.16. The standard InChI is InChI=1S/C15H14Br2ClNO/c1-20-15-5-3-10(16)6-9(15)7-14(19)12-8-11(17)2-4-13(12)18/h2-6,8,14H,7,19H2,1H3. The zero-order valence-corrected chi connectivity index (χ0v) is 14.8. The van der Waals surface area contributed by atoms with Crippen LogP contribution >= 0.6 is 43.5 Å². The Kier molecular flexibility index (Phi) is 5.49. The Bertz CT molecular complexity index is 619. The van der Waals surface area contributed by atoms with Crippen molar-refractivity contribution < 1.29 is 4.74 Å². The summed E-state index contributed by atoms with van der Waals surface area (Å²) in [5.41, 5.74) is 8.26. The van der Waals surface area contributed by atoms with Crippen LogP contribution in [-0.2, 0) is 6.42 Å². The van der Waals surface area contributed by atoms with Gasteiger partial charge in [-0.2, -0.15) is 0 Å². The van der Waals surface area contributed by atoms with Gasteiger partial charge in [-0.1, -0.05) is 43.5 Å². The minimum Gasteiger partial charge on any atom is -0.496 e. The van der Waals surface area contributed by atoms with Gasteiger partial charge in [0.25, 0.3) is 0 Å². The normalized spacial score (nSPS) is 12.2. The molecule has 1 unspecified atom stereocenters. The lowest BCUT2D eigenvalue weighted by molar-refractivity contribution is 0.408. The van der Waals surface area contributed by atoms with E-state index in [0.29, 0.717) is 11.4 Å². The molecule has 0 saturated heterocycles. The van der Waals surface area contributed by atoms with Crippen LogP contribution in [0.15, 0.2) is 45.3 Å². The fraction of sp³-hybridized carbons (Fsp3) is 0.200. The van der Waals surface area contributed by atoms with Crippen molar-refractivity contribution in [1.29, 1.82) is 0 Å². The summed E-state index contributed by atoms with van der Waals surface area (Å²) in [6.45, 7) is 0. The predicted molar refractivity (Wildman–Crippen MR) is 90.5 cm³/mol. The summed E-state index contributed by atoms with van der Waals surface area (Å²) in [4.78, 5) is 0. The Morgan fingerprint density at radius 1 is 1.15 bits per heavy atom. The van der Waals surface area contributed by atoms with Gasteiger partial charge in [0.1, 0.15) is 5.75 Å². The van der Waals surface area contributed by atoms with E-state index in [1.54, 1.807) is 7.11 Å². The minimum absolute atomic E-state index is 0.191. The smallest absolute Gasteiger partial charge is 0.122 e. The second kappa shape index (κ2) is 6.94. The molecule has 0 aromatic heterocycles.